The summed E-state index contributed by atoms with van der Waals surface area (Å²) < 4.78 is 5.32. The van der Waals surface area contributed by atoms with E-state index >= 15 is 0 Å². The van der Waals surface area contributed by atoms with Gasteiger partial charge in [0.2, 0.25) is 5.91 Å². The van der Waals surface area contributed by atoms with Crippen LogP contribution in [-0.4, -0.2) is 39.5 Å². The van der Waals surface area contributed by atoms with Gasteiger partial charge in [0, 0.05) is 17.9 Å². The Hall–Kier alpha value is -3.07. The van der Waals surface area contributed by atoms with Crippen molar-refractivity contribution in [2.24, 2.45) is 0 Å². The maximum absolute atomic E-state index is 12.7. The highest BCUT2D eigenvalue weighted by molar-refractivity contribution is 7.99. The molecule has 2 aromatic carbocycles. The maximum Gasteiger partial charge on any atom is 0.411 e. The monoisotopic (exact) mass is 401 g/mol. The van der Waals surface area contributed by atoms with E-state index in [2.05, 4.69) is 5.32 Å². The number of hydrogen-bond donors (Lipinski definition) is 1. The quantitative estimate of drug-likeness (QED) is 0.607. The van der Waals surface area contributed by atoms with Crippen molar-refractivity contribution in [3.05, 3.63) is 69.8 Å². The highest BCUT2D eigenvalue weighted by Crippen LogP contribution is 2.26. The van der Waals surface area contributed by atoms with Gasteiger partial charge < -0.3 is 10.1 Å². The number of carbonyl (C=O) groups excluding carboxylic acids is 2. The summed E-state index contributed by atoms with van der Waals surface area (Å²) in [7, 11) is 0. The topological polar surface area (TPSA) is 102 Å². The van der Waals surface area contributed by atoms with Crippen LogP contribution in [-0.2, 0) is 16.1 Å². The molecule has 1 aliphatic heterocycles. The molecule has 0 saturated carbocycles. The van der Waals surface area contributed by atoms with Crippen LogP contribution in [0.25, 0.3) is 0 Å². The van der Waals surface area contributed by atoms with Gasteiger partial charge >= 0.3 is 6.09 Å². The fourth-order valence-corrected chi connectivity index (χ4v) is 3.86. The van der Waals surface area contributed by atoms with Crippen molar-refractivity contribution >= 4 is 35.1 Å². The van der Waals surface area contributed by atoms with Crippen molar-refractivity contribution in [3.8, 4) is 0 Å². The highest BCUT2D eigenvalue weighted by Gasteiger charge is 2.36. The highest BCUT2D eigenvalue weighted by atomic mass is 32.2. The van der Waals surface area contributed by atoms with Crippen LogP contribution < -0.4 is 5.32 Å². The van der Waals surface area contributed by atoms with E-state index in [4.69, 9.17) is 4.74 Å². The number of thioether (sulfide) groups is 1. The van der Waals surface area contributed by atoms with Gasteiger partial charge in [0.05, 0.1) is 16.5 Å². The van der Waals surface area contributed by atoms with E-state index < -0.39 is 23.0 Å². The van der Waals surface area contributed by atoms with Crippen LogP contribution in [0.3, 0.4) is 0 Å². The number of ether oxygens (including phenoxy) is 1. The summed E-state index contributed by atoms with van der Waals surface area (Å²) in [6, 6.07) is 12.8. The van der Waals surface area contributed by atoms with E-state index in [9.17, 15) is 19.7 Å². The molecule has 9 heteroatoms. The Morgan fingerprint density at radius 3 is 2.75 bits per heavy atom. The molecule has 1 N–H and O–H groups in total. The molecular formula is C19H19N3O5S. The molecule has 0 bridgehead atoms. The zero-order valence-corrected chi connectivity index (χ0v) is 16.0. The first-order valence-electron chi connectivity index (χ1n) is 8.56. The van der Waals surface area contributed by atoms with Crippen LogP contribution >= 0.6 is 11.8 Å². The Kier molecular flexibility index (Phi) is 6.15. The fourth-order valence-electron chi connectivity index (χ4n) is 2.72. The summed E-state index contributed by atoms with van der Waals surface area (Å²) >= 11 is 1.45. The molecule has 0 spiro atoms. The van der Waals surface area contributed by atoms with Crippen molar-refractivity contribution in [1.82, 2.24) is 4.90 Å². The maximum atomic E-state index is 12.7. The van der Waals surface area contributed by atoms with E-state index in [1.807, 2.05) is 30.3 Å². The van der Waals surface area contributed by atoms with Gasteiger partial charge in [-0.2, -0.15) is 0 Å². The molecule has 1 atom stereocenters. The van der Waals surface area contributed by atoms with E-state index in [0.29, 0.717) is 22.9 Å². The summed E-state index contributed by atoms with van der Waals surface area (Å²) in [5.41, 5.74) is 1.80. The van der Waals surface area contributed by atoms with Gasteiger partial charge in [-0.1, -0.05) is 36.4 Å². The summed E-state index contributed by atoms with van der Waals surface area (Å²) in [6.07, 6.45) is -0.565. The van der Waals surface area contributed by atoms with Crippen molar-refractivity contribution in [2.45, 2.75) is 19.6 Å². The first-order valence-corrected chi connectivity index (χ1v) is 9.72. The molecule has 0 aliphatic carbocycles. The van der Waals surface area contributed by atoms with E-state index in [1.54, 1.807) is 13.0 Å². The Morgan fingerprint density at radius 1 is 1.29 bits per heavy atom. The van der Waals surface area contributed by atoms with Crippen LogP contribution in [0, 0.1) is 17.0 Å². The number of carbonyl (C=O) groups is 2. The van der Waals surface area contributed by atoms with Crippen LogP contribution in [0.1, 0.15) is 11.1 Å². The Balaban J connectivity index is 1.65. The largest absolute Gasteiger partial charge is 0.445 e. The molecule has 2 aromatic rings. The van der Waals surface area contributed by atoms with Crippen LogP contribution in [0.15, 0.2) is 48.5 Å². The molecule has 1 aliphatic rings. The SMILES string of the molecule is Cc1ccc([N+](=O)[O-])cc1NC(=O)[C@H]1CSCN1C(=O)OCc1ccccc1. The summed E-state index contributed by atoms with van der Waals surface area (Å²) in [6.45, 7) is 1.87. The average molecular weight is 401 g/mol. The molecule has 0 aromatic heterocycles. The average Bonchev–Trinajstić information content (AvgIpc) is 3.18. The lowest BCUT2D eigenvalue weighted by atomic mass is 10.1. The van der Waals surface area contributed by atoms with Gasteiger partial charge in [-0.25, -0.2) is 4.79 Å². The second kappa shape index (κ2) is 8.75. The van der Waals surface area contributed by atoms with Crippen molar-refractivity contribution in [3.63, 3.8) is 0 Å². The second-order valence-electron chi connectivity index (χ2n) is 6.27. The predicted octanol–water partition coefficient (Wildman–Crippen LogP) is 3.55. The minimum atomic E-state index is -0.702. The minimum absolute atomic E-state index is 0.110. The number of aryl methyl sites for hydroxylation is 1. The van der Waals surface area contributed by atoms with Gasteiger partial charge in [-0.05, 0) is 18.1 Å². The zero-order valence-electron chi connectivity index (χ0n) is 15.2. The number of amides is 2. The lowest BCUT2D eigenvalue weighted by molar-refractivity contribution is -0.384. The molecule has 0 unspecified atom stereocenters. The number of hydrogen-bond acceptors (Lipinski definition) is 6. The van der Waals surface area contributed by atoms with Gasteiger partial charge in [0.1, 0.15) is 12.6 Å². The molecule has 1 saturated heterocycles. The number of non-ortho nitro benzene ring substituents is 1. The number of nitrogens with zero attached hydrogens (tertiary/aromatic N) is 2. The number of nitro benzene ring substituents is 1. The fraction of sp³-hybridized carbons (Fsp3) is 0.263. The van der Waals surface area contributed by atoms with Gasteiger partial charge in [0.15, 0.2) is 0 Å². The third-order valence-corrected chi connectivity index (χ3v) is 5.33. The van der Waals surface area contributed by atoms with E-state index in [1.165, 1.54) is 28.8 Å². The summed E-state index contributed by atoms with van der Waals surface area (Å²) in [4.78, 5) is 36.9. The van der Waals surface area contributed by atoms with E-state index in [0.717, 1.165) is 5.56 Å². The number of anilines is 1. The number of benzene rings is 2. The number of nitro groups is 1. The molecule has 146 valence electrons. The number of rotatable bonds is 5. The van der Waals surface area contributed by atoms with Gasteiger partial charge in [0.25, 0.3) is 5.69 Å². The Morgan fingerprint density at radius 2 is 2.04 bits per heavy atom. The third-order valence-electron chi connectivity index (χ3n) is 4.31. The molecule has 3 rings (SSSR count). The lowest BCUT2D eigenvalue weighted by Gasteiger charge is -2.22. The predicted molar refractivity (Wildman–Crippen MR) is 106 cm³/mol. The molecule has 1 heterocycles. The lowest BCUT2D eigenvalue weighted by Crippen LogP contribution is -2.44. The first-order chi connectivity index (χ1) is 13.5. The molecule has 28 heavy (non-hydrogen) atoms. The molecular weight excluding hydrogens is 382 g/mol. The van der Waals surface area contributed by atoms with Crippen molar-refractivity contribution in [1.29, 1.82) is 0 Å². The second-order valence-corrected chi connectivity index (χ2v) is 7.27. The third kappa shape index (κ3) is 4.61. The van der Waals surface area contributed by atoms with Gasteiger partial charge in [-0.3, -0.25) is 19.8 Å². The van der Waals surface area contributed by atoms with Crippen LogP contribution in [0.4, 0.5) is 16.2 Å². The Bertz CT molecular complexity index is 890. The minimum Gasteiger partial charge on any atom is -0.445 e. The summed E-state index contributed by atoms with van der Waals surface area (Å²) in [5.74, 6) is 0.380. The molecule has 2 amide bonds. The van der Waals surface area contributed by atoms with Crippen LogP contribution in [0.5, 0.6) is 0 Å². The van der Waals surface area contributed by atoms with Crippen molar-refractivity contribution < 1.29 is 19.2 Å². The molecule has 0 radical (unpaired) electrons. The number of nitrogens with one attached hydrogen (secondary N) is 1. The van der Waals surface area contributed by atoms with Gasteiger partial charge in [-0.15, -0.1) is 11.8 Å². The van der Waals surface area contributed by atoms with Crippen molar-refractivity contribution in [2.75, 3.05) is 16.9 Å². The van der Waals surface area contributed by atoms with Crippen LogP contribution in [0.2, 0.25) is 0 Å². The zero-order chi connectivity index (χ0) is 20.1. The standard InChI is InChI=1S/C19H19N3O5S/c1-13-7-8-15(22(25)26)9-16(13)20-18(23)17-11-28-12-21(17)19(24)27-10-14-5-3-2-4-6-14/h2-9,17H,10-12H2,1H3,(H,20,23)/t17-/m1/s1. The molecule has 1 fully saturated rings. The first kappa shape index (κ1) is 19.7. The molecule has 8 nitrogen and oxygen atoms in total. The van der Waals surface area contributed by atoms with E-state index in [-0.39, 0.29) is 12.3 Å². The normalized spacial score (nSPS) is 15.9. The Labute approximate surface area is 166 Å². The summed E-state index contributed by atoms with van der Waals surface area (Å²) in [5, 5.41) is 13.7. The smallest absolute Gasteiger partial charge is 0.411 e.